The zero-order valence-corrected chi connectivity index (χ0v) is 14.6. The summed E-state index contributed by atoms with van der Waals surface area (Å²) in [4.78, 5) is 28.7. The smallest absolute Gasteiger partial charge is 0.406 e. The second-order valence-electron chi connectivity index (χ2n) is 6.03. The standard InChI is InChI=1S/C16H16F3N3O3S/c1-9-21-12(7-26-9)13-3-2-11(25-13)5-20-15(24)10-4-14(23)22(6-10)8-16(17,18)19/h2-3,7,10H,4-6,8H2,1H3,(H,20,24)/t10-/m1/s1. The molecule has 1 aliphatic rings. The van der Waals surface area contributed by atoms with Crippen LogP contribution < -0.4 is 5.32 Å². The Hall–Kier alpha value is -2.36. The van der Waals surface area contributed by atoms with Crippen LogP contribution >= 0.6 is 11.3 Å². The molecule has 2 aromatic heterocycles. The first kappa shape index (κ1) is 18.4. The van der Waals surface area contributed by atoms with Crippen molar-refractivity contribution in [2.45, 2.75) is 26.1 Å². The molecule has 2 amide bonds. The van der Waals surface area contributed by atoms with E-state index in [9.17, 15) is 22.8 Å². The van der Waals surface area contributed by atoms with Gasteiger partial charge in [0.2, 0.25) is 11.8 Å². The number of alkyl halides is 3. The number of nitrogens with one attached hydrogen (secondary N) is 1. The Balaban J connectivity index is 1.53. The van der Waals surface area contributed by atoms with Gasteiger partial charge >= 0.3 is 6.18 Å². The summed E-state index contributed by atoms with van der Waals surface area (Å²) in [6.07, 6.45) is -4.69. The number of halogens is 3. The number of hydrogen-bond donors (Lipinski definition) is 1. The third-order valence-corrected chi connectivity index (χ3v) is 4.70. The van der Waals surface area contributed by atoms with E-state index < -0.39 is 30.5 Å². The Morgan fingerprint density at radius 2 is 2.23 bits per heavy atom. The lowest BCUT2D eigenvalue weighted by atomic mass is 10.1. The van der Waals surface area contributed by atoms with Gasteiger partial charge in [0.05, 0.1) is 17.5 Å². The Labute approximate surface area is 151 Å². The van der Waals surface area contributed by atoms with Crippen LogP contribution in [0, 0.1) is 12.8 Å². The van der Waals surface area contributed by atoms with Crippen LogP contribution in [0.5, 0.6) is 0 Å². The molecule has 6 nitrogen and oxygen atoms in total. The largest absolute Gasteiger partial charge is 0.458 e. The molecule has 26 heavy (non-hydrogen) atoms. The summed E-state index contributed by atoms with van der Waals surface area (Å²) in [6.45, 7) is 0.408. The van der Waals surface area contributed by atoms with Crippen LogP contribution in [0.3, 0.4) is 0 Å². The zero-order valence-electron chi connectivity index (χ0n) is 13.8. The van der Waals surface area contributed by atoms with Gasteiger partial charge in [0.1, 0.15) is 18.0 Å². The highest BCUT2D eigenvalue weighted by molar-refractivity contribution is 7.09. The van der Waals surface area contributed by atoms with Crippen LogP contribution in [-0.2, 0) is 16.1 Å². The summed E-state index contributed by atoms with van der Waals surface area (Å²) < 4.78 is 42.8. The molecule has 0 spiro atoms. The predicted octanol–water partition coefficient (Wildman–Crippen LogP) is 2.74. The molecule has 1 N–H and O–H groups in total. The van der Waals surface area contributed by atoms with E-state index in [0.29, 0.717) is 22.1 Å². The molecule has 0 unspecified atom stereocenters. The number of carbonyl (C=O) groups excluding carboxylic acids is 2. The Morgan fingerprint density at radius 1 is 1.46 bits per heavy atom. The van der Waals surface area contributed by atoms with Gasteiger partial charge in [-0.25, -0.2) is 4.98 Å². The number of amides is 2. The normalized spacial score (nSPS) is 17.8. The van der Waals surface area contributed by atoms with Crippen LogP contribution in [0.25, 0.3) is 11.5 Å². The van der Waals surface area contributed by atoms with E-state index in [1.165, 1.54) is 11.3 Å². The van der Waals surface area contributed by atoms with E-state index in [4.69, 9.17) is 4.42 Å². The monoisotopic (exact) mass is 387 g/mol. The van der Waals surface area contributed by atoms with E-state index in [0.717, 1.165) is 5.01 Å². The van der Waals surface area contributed by atoms with Crippen molar-refractivity contribution in [2.24, 2.45) is 5.92 Å². The number of nitrogens with zero attached hydrogens (tertiary/aromatic N) is 2. The number of rotatable bonds is 5. The molecule has 0 saturated carbocycles. The third-order valence-electron chi connectivity index (χ3n) is 3.93. The van der Waals surface area contributed by atoms with Gasteiger partial charge in [0.15, 0.2) is 5.76 Å². The molecule has 0 radical (unpaired) electrons. The molecule has 1 aliphatic heterocycles. The first-order valence-electron chi connectivity index (χ1n) is 7.85. The van der Waals surface area contributed by atoms with Gasteiger partial charge in [-0.1, -0.05) is 0 Å². The second kappa shape index (κ2) is 7.10. The molecule has 2 aromatic rings. The second-order valence-corrected chi connectivity index (χ2v) is 7.09. The van der Waals surface area contributed by atoms with Gasteiger partial charge in [0.25, 0.3) is 0 Å². The Bertz CT molecular complexity index is 815. The van der Waals surface area contributed by atoms with Crippen molar-refractivity contribution in [1.82, 2.24) is 15.2 Å². The maximum absolute atomic E-state index is 12.4. The fourth-order valence-corrected chi connectivity index (χ4v) is 3.32. The van der Waals surface area contributed by atoms with E-state index in [1.54, 1.807) is 12.1 Å². The van der Waals surface area contributed by atoms with E-state index in [1.807, 2.05) is 12.3 Å². The van der Waals surface area contributed by atoms with E-state index >= 15 is 0 Å². The van der Waals surface area contributed by atoms with Crippen molar-refractivity contribution in [3.8, 4) is 11.5 Å². The third kappa shape index (κ3) is 4.43. The summed E-state index contributed by atoms with van der Waals surface area (Å²) in [5.74, 6) is -0.853. The highest BCUT2D eigenvalue weighted by Gasteiger charge is 2.40. The summed E-state index contributed by atoms with van der Waals surface area (Å²) in [7, 11) is 0. The molecule has 0 aliphatic carbocycles. The number of likely N-dealkylation sites (tertiary alicyclic amines) is 1. The summed E-state index contributed by atoms with van der Waals surface area (Å²) in [5.41, 5.74) is 0.703. The van der Waals surface area contributed by atoms with Gasteiger partial charge in [-0.3, -0.25) is 9.59 Å². The molecular formula is C16H16F3N3O3S. The van der Waals surface area contributed by atoms with Gasteiger partial charge in [-0.2, -0.15) is 13.2 Å². The minimum Gasteiger partial charge on any atom is -0.458 e. The van der Waals surface area contributed by atoms with E-state index in [2.05, 4.69) is 10.3 Å². The van der Waals surface area contributed by atoms with Gasteiger partial charge in [-0.15, -0.1) is 11.3 Å². The van der Waals surface area contributed by atoms with Crippen molar-refractivity contribution in [3.63, 3.8) is 0 Å². The summed E-state index contributed by atoms with van der Waals surface area (Å²) >= 11 is 1.49. The first-order chi connectivity index (χ1) is 12.2. The van der Waals surface area contributed by atoms with Crippen molar-refractivity contribution in [3.05, 3.63) is 28.3 Å². The number of carbonyl (C=O) groups is 2. The Morgan fingerprint density at radius 3 is 2.88 bits per heavy atom. The topological polar surface area (TPSA) is 75.4 Å². The summed E-state index contributed by atoms with van der Waals surface area (Å²) in [5, 5.41) is 5.36. The minimum atomic E-state index is -4.47. The van der Waals surface area contributed by atoms with Gasteiger partial charge < -0.3 is 14.6 Å². The van der Waals surface area contributed by atoms with Gasteiger partial charge in [-0.05, 0) is 19.1 Å². The molecule has 1 fully saturated rings. The molecule has 1 atom stereocenters. The lowest BCUT2D eigenvalue weighted by molar-refractivity contribution is -0.157. The summed E-state index contributed by atoms with van der Waals surface area (Å²) in [6, 6.07) is 3.43. The lowest BCUT2D eigenvalue weighted by Crippen LogP contribution is -2.37. The fraction of sp³-hybridized carbons (Fsp3) is 0.438. The number of hydrogen-bond acceptors (Lipinski definition) is 5. The minimum absolute atomic E-state index is 0.0892. The van der Waals surface area contributed by atoms with Crippen molar-refractivity contribution < 1.29 is 27.2 Å². The van der Waals surface area contributed by atoms with Crippen molar-refractivity contribution >= 4 is 23.2 Å². The maximum atomic E-state index is 12.4. The lowest BCUT2D eigenvalue weighted by Gasteiger charge is -2.18. The first-order valence-corrected chi connectivity index (χ1v) is 8.72. The van der Waals surface area contributed by atoms with Crippen LogP contribution in [0.2, 0.25) is 0 Å². The van der Waals surface area contributed by atoms with Crippen LogP contribution in [0.15, 0.2) is 21.9 Å². The predicted molar refractivity (Wildman–Crippen MR) is 87.1 cm³/mol. The van der Waals surface area contributed by atoms with Crippen LogP contribution in [0.4, 0.5) is 13.2 Å². The average Bonchev–Trinajstić information content (AvgIpc) is 3.25. The number of furan rings is 1. The molecule has 0 aromatic carbocycles. The quantitative estimate of drug-likeness (QED) is 0.856. The molecule has 3 heterocycles. The molecule has 3 rings (SSSR count). The van der Waals surface area contributed by atoms with Gasteiger partial charge in [0, 0.05) is 18.3 Å². The van der Waals surface area contributed by atoms with Crippen LogP contribution in [-0.4, -0.2) is 41.0 Å². The number of aryl methyl sites for hydroxylation is 1. The van der Waals surface area contributed by atoms with Crippen LogP contribution in [0.1, 0.15) is 17.2 Å². The average molecular weight is 387 g/mol. The highest BCUT2D eigenvalue weighted by atomic mass is 32.1. The molecule has 0 bridgehead atoms. The molecular weight excluding hydrogens is 371 g/mol. The van der Waals surface area contributed by atoms with Crippen molar-refractivity contribution in [2.75, 3.05) is 13.1 Å². The molecule has 1 saturated heterocycles. The molecule has 140 valence electrons. The number of thiazole rings is 1. The number of aromatic nitrogens is 1. The van der Waals surface area contributed by atoms with E-state index in [-0.39, 0.29) is 19.5 Å². The highest BCUT2D eigenvalue weighted by Crippen LogP contribution is 2.25. The van der Waals surface area contributed by atoms with Crippen molar-refractivity contribution in [1.29, 1.82) is 0 Å². The maximum Gasteiger partial charge on any atom is 0.406 e. The Kier molecular flexibility index (Phi) is 5.03. The molecule has 10 heteroatoms. The fourth-order valence-electron chi connectivity index (χ4n) is 2.72. The SMILES string of the molecule is Cc1nc(-c2ccc(CNC(=O)[C@@H]3CC(=O)N(CC(F)(F)F)C3)o2)cs1. The zero-order chi connectivity index (χ0) is 18.9.